The van der Waals surface area contributed by atoms with Crippen LogP contribution in [0.1, 0.15) is 19.4 Å². The Labute approximate surface area is 114 Å². The van der Waals surface area contributed by atoms with E-state index in [9.17, 15) is 13.2 Å². The number of hydrogen-bond donors (Lipinski definition) is 0. The van der Waals surface area contributed by atoms with Crippen LogP contribution in [0.25, 0.3) is 0 Å². The van der Waals surface area contributed by atoms with Gasteiger partial charge in [-0.25, -0.2) is 0 Å². The summed E-state index contributed by atoms with van der Waals surface area (Å²) in [5.74, 6) is 0.476. The highest BCUT2D eigenvalue weighted by molar-refractivity contribution is 5.82. The van der Waals surface area contributed by atoms with E-state index in [-0.39, 0.29) is 5.69 Å². The molecule has 1 unspecified atom stereocenters. The van der Waals surface area contributed by atoms with Crippen LogP contribution in [0, 0.1) is 0 Å². The molecule has 0 fully saturated rings. The molecule has 7 heteroatoms. The fourth-order valence-electron chi connectivity index (χ4n) is 2.57. The number of azo groups is 1. The van der Waals surface area contributed by atoms with E-state index in [1.54, 1.807) is 29.8 Å². The van der Waals surface area contributed by atoms with Gasteiger partial charge in [-0.15, -0.1) is 5.11 Å². The number of fused-ring (bicyclic) bond motifs is 3. The third-order valence-corrected chi connectivity index (χ3v) is 3.67. The summed E-state index contributed by atoms with van der Waals surface area (Å²) >= 11 is 0. The Morgan fingerprint density at radius 2 is 1.95 bits per heavy atom. The van der Waals surface area contributed by atoms with Crippen molar-refractivity contribution >= 4 is 11.4 Å². The molecule has 0 saturated carbocycles. The number of hydrogen-bond acceptors (Lipinski definition) is 4. The number of rotatable bonds is 0. The zero-order valence-electron chi connectivity index (χ0n) is 11.2. The topological polar surface area (TPSA) is 31.2 Å². The fraction of sp³-hybridized carbons (Fsp3) is 0.385. The maximum atomic E-state index is 13.3. The molecule has 20 heavy (non-hydrogen) atoms. The molecule has 2 aliphatic heterocycles. The van der Waals surface area contributed by atoms with Crippen LogP contribution in [0.4, 0.5) is 24.5 Å². The molecular weight excluding hydrogens is 269 g/mol. The summed E-state index contributed by atoms with van der Waals surface area (Å²) in [7, 11) is 1.73. The molecule has 0 spiro atoms. The summed E-state index contributed by atoms with van der Waals surface area (Å²) in [6, 6.07) is 4.19. The number of nitrogens with zero attached hydrogens (tertiary/aromatic N) is 4. The summed E-state index contributed by atoms with van der Waals surface area (Å²) in [6.45, 7) is 3.55. The lowest BCUT2D eigenvalue weighted by molar-refractivity contribution is -0.137. The molecule has 106 valence electrons. The first-order valence-electron chi connectivity index (χ1n) is 6.17. The van der Waals surface area contributed by atoms with E-state index in [1.165, 1.54) is 6.07 Å². The zero-order chi connectivity index (χ0) is 14.7. The number of benzene rings is 1. The van der Waals surface area contributed by atoms with Crippen LogP contribution in [0.3, 0.4) is 0 Å². The summed E-state index contributed by atoms with van der Waals surface area (Å²) in [4.78, 5) is 3.26. The van der Waals surface area contributed by atoms with Gasteiger partial charge in [-0.05, 0) is 26.0 Å². The van der Waals surface area contributed by atoms with E-state index in [4.69, 9.17) is 0 Å². The van der Waals surface area contributed by atoms with Crippen LogP contribution in [0.5, 0.6) is 0 Å². The average molecular weight is 282 g/mol. The summed E-state index contributed by atoms with van der Waals surface area (Å²) in [5, 5.41) is 8.00. The van der Waals surface area contributed by atoms with Gasteiger partial charge in [0, 0.05) is 7.05 Å². The largest absolute Gasteiger partial charge is 0.418 e. The summed E-state index contributed by atoms with van der Waals surface area (Å²) < 4.78 is 39.8. The molecule has 1 aromatic carbocycles. The lowest BCUT2D eigenvalue weighted by Gasteiger charge is -2.37. The normalized spacial score (nSPS) is 21.4. The first-order chi connectivity index (χ1) is 9.32. The van der Waals surface area contributed by atoms with Crippen LogP contribution in [-0.2, 0) is 6.18 Å². The fourth-order valence-corrected chi connectivity index (χ4v) is 2.57. The van der Waals surface area contributed by atoms with Crippen LogP contribution in [0.15, 0.2) is 39.9 Å². The molecule has 1 atom stereocenters. The van der Waals surface area contributed by atoms with Crippen molar-refractivity contribution in [3.05, 3.63) is 35.3 Å². The van der Waals surface area contributed by atoms with Gasteiger partial charge >= 0.3 is 6.18 Å². The van der Waals surface area contributed by atoms with E-state index in [2.05, 4.69) is 10.2 Å². The first-order valence-corrected chi connectivity index (χ1v) is 6.17. The first kappa shape index (κ1) is 13.0. The van der Waals surface area contributed by atoms with Crippen LogP contribution in [0.2, 0.25) is 0 Å². The molecule has 4 nitrogen and oxygen atoms in total. The molecule has 0 aliphatic carbocycles. The Bertz CT molecular complexity index is 633. The maximum absolute atomic E-state index is 13.3. The van der Waals surface area contributed by atoms with Gasteiger partial charge in [0.05, 0.1) is 22.6 Å². The van der Waals surface area contributed by atoms with Gasteiger partial charge in [0.1, 0.15) is 6.17 Å². The zero-order valence-corrected chi connectivity index (χ0v) is 11.2. The minimum atomic E-state index is -4.41. The predicted octanol–water partition coefficient (Wildman–Crippen LogP) is 3.96. The van der Waals surface area contributed by atoms with E-state index in [1.807, 2.05) is 6.92 Å². The van der Waals surface area contributed by atoms with Gasteiger partial charge in [-0.1, -0.05) is 6.07 Å². The van der Waals surface area contributed by atoms with Gasteiger partial charge in [-0.3, -0.25) is 4.90 Å². The molecule has 3 rings (SSSR count). The highest BCUT2D eigenvalue weighted by atomic mass is 19.4. The quantitative estimate of drug-likeness (QED) is 0.721. The standard InChI is InChI=1S/C13H13F3N4/c1-7-12-18-17-8(2)20(12)11-9(13(14,15)16)5-4-6-10(11)19(7)3/h4-6,8H,1-3H3. The Kier molecular flexibility index (Phi) is 2.57. The van der Waals surface area contributed by atoms with Crippen LogP contribution < -0.4 is 9.80 Å². The third kappa shape index (κ3) is 1.62. The molecule has 0 radical (unpaired) electrons. The second kappa shape index (κ2) is 3.97. The number of para-hydroxylation sites is 1. The third-order valence-electron chi connectivity index (χ3n) is 3.67. The molecule has 1 aromatic rings. The predicted molar refractivity (Wildman–Crippen MR) is 69.3 cm³/mol. The Morgan fingerprint density at radius 3 is 2.60 bits per heavy atom. The van der Waals surface area contributed by atoms with Gasteiger partial charge < -0.3 is 4.90 Å². The molecule has 0 amide bonds. The van der Waals surface area contributed by atoms with E-state index in [0.29, 0.717) is 11.5 Å². The van der Waals surface area contributed by atoms with Gasteiger partial charge in [0.2, 0.25) is 0 Å². The van der Waals surface area contributed by atoms with Crippen molar-refractivity contribution in [2.24, 2.45) is 10.2 Å². The van der Waals surface area contributed by atoms with Crippen molar-refractivity contribution in [1.82, 2.24) is 0 Å². The minimum absolute atomic E-state index is 0.126. The average Bonchev–Trinajstić information content (AvgIpc) is 2.76. The molecule has 0 aromatic heterocycles. The SMILES string of the molecule is CC1=C2N=NC(C)N2c2c(cccc2C(F)(F)F)N1C. The van der Waals surface area contributed by atoms with E-state index >= 15 is 0 Å². The van der Waals surface area contributed by atoms with Crippen LogP contribution in [-0.4, -0.2) is 13.2 Å². The van der Waals surface area contributed by atoms with E-state index < -0.39 is 17.9 Å². The highest BCUT2D eigenvalue weighted by Gasteiger charge is 2.42. The van der Waals surface area contributed by atoms with Crippen LogP contribution >= 0.6 is 0 Å². The van der Waals surface area contributed by atoms with Crippen molar-refractivity contribution in [1.29, 1.82) is 0 Å². The molecule has 0 N–H and O–H groups in total. The molecular formula is C13H13F3N4. The number of anilines is 2. The summed E-state index contributed by atoms with van der Waals surface area (Å²) in [5.41, 5.74) is 0.761. The molecule has 2 aliphatic rings. The van der Waals surface area contributed by atoms with Crippen molar-refractivity contribution in [2.45, 2.75) is 26.2 Å². The van der Waals surface area contributed by atoms with Gasteiger partial charge in [-0.2, -0.15) is 18.3 Å². The number of alkyl halides is 3. The Balaban J connectivity index is 2.29. The molecule has 2 heterocycles. The smallest absolute Gasteiger partial charge is 0.343 e. The molecule has 0 saturated heterocycles. The number of allylic oxidation sites excluding steroid dienone is 1. The van der Waals surface area contributed by atoms with Crippen molar-refractivity contribution in [2.75, 3.05) is 16.8 Å². The van der Waals surface area contributed by atoms with Crippen molar-refractivity contribution in [3.63, 3.8) is 0 Å². The summed E-state index contributed by atoms with van der Waals surface area (Å²) in [6.07, 6.45) is -4.85. The second-order valence-electron chi connectivity index (χ2n) is 4.86. The Morgan fingerprint density at radius 1 is 1.25 bits per heavy atom. The van der Waals surface area contributed by atoms with E-state index in [0.717, 1.165) is 11.8 Å². The Hall–Kier alpha value is -2.05. The monoisotopic (exact) mass is 282 g/mol. The van der Waals surface area contributed by atoms with Crippen molar-refractivity contribution in [3.8, 4) is 0 Å². The lowest BCUT2D eigenvalue weighted by atomic mass is 10.1. The highest BCUT2D eigenvalue weighted by Crippen LogP contribution is 2.49. The van der Waals surface area contributed by atoms with Gasteiger partial charge in [0.15, 0.2) is 5.82 Å². The van der Waals surface area contributed by atoms with Crippen molar-refractivity contribution < 1.29 is 13.2 Å². The minimum Gasteiger partial charge on any atom is -0.343 e. The lowest BCUT2D eigenvalue weighted by Crippen LogP contribution is -2.36. The maximum Gasteiger partial charge on any atom is 0.418 e. The van der Waals surface area contributed by atoms with Gasteiger partial charge in [0.25, 0.3) is 0 Å². The number of halogens is 3. The molecule has 0 bridgehead atoms. The second-order valence-corrected chi connectivity index (χ2v) is 4.86.